The van der Waals surface area contributed by atoms with Crippen LogP contribution in [0, 0.1) is 20.8 Å². The molecule has 1 aliphatic rings. The molecule has 126 valence electrons. The molecule has 1 heterocycles. The molecular weight excluding hydrogens is 308 g/mol. The standard InChI is InChI=1S/C23H22O2/c1-14-11-18-12-19(22-10-5-15(2)25-22)13-21(18)23(16(14)3)17-6-8-20(24-4)9-7-17/h5-11,13H,12H2,1-4H3. The first-order chi connectivity index (χ1) is 12.1. The number of ether oxygens (including phenoxy) is 1. The zero-order valence-electron chi connectivity index (χ0n) is 15.1. The van der Waals surface area contributed by atoms with Gasteiger partial charge in [0.1, 0.15) is 17.3 Å². The smallest absolute Gasteiger partial charge is 0.130 e. The summed E-state index contributed by atoms with van der Waals surface area (Å²) in [4.78, 5) is 0. The fourth-order valence-electron chi connectivity index (χ4n) is 3.64. The summed E-state index contributed by atoms with van der Waals surface area (Å²) in [5.74, 6) is 2.81. The Morgan fingerprint density at radius 1 is 0.960 bits per heavy atom. The first-order valence-electron chi connectivity index (χ1n) is 8.61. The first-order valence-corrected chi connectivity index (χ1v) is 8.61. The average Bonchev–Trinajstić information content (AvgIpc) is 3.22. The third kappa shape index (κ3) is 2.68. The van der Waals surface area contributed by atoms with E-state index in [-0.39, 0.29) is 0 Å². The zero-order valence-corrected chi connectivity index (χ0v) is 15.1. The Morgan fingerprint density at radius 2 is 1.72 bits per heavy atom. The van der Waals surface area contributed by atoms with Crippen molar-refractivity contribution in [2.75, 3.05) is 7.11 Å². The Bertz CT molecular complexity index is 972. The molecule has 0 radical (unpaired) electrons. The number of furan rings is 1. The van der Waals surface area contributed by atoms with Crippen molar-refractivity contribution in [3.8, 4) is 16.9 Å². The van der Waals surface area contributed by atoms with Crippen molar-refractivity contribution in [3.05, 3.63) is 76.2 Å². The van der Waals surface area contributed by atoms with Crippen LogP contribution in [0.15, 0.2) is 46.9 Å². The topological polar surface area (TPSA) is 22.4 Å². The van der Waals surface area contributed by atoms with E-state index in [1.807, 2.05) is 25.1 Å². The second-order valence-corrected chi connectivity index (χ2v) is 6.75. The van der Waals surface area contributed by atoms with Crippen LogP contribution in [0.3, 0.4) is 0 Å². The molecule has 0 fully saturated rings. The Labute approximate surface area is 148 Å². The Morgan fingerprint density at radius 3 is 2.36 bits per heavy atom. The minimum atomic E-state index is 0.882. The summed E-state index contributed by atoms with van der Waals surface area (Å²) in [6, 6.07) is 14.8. The lowest BCUT2D eigenvalue weighted by Gasteiger charge is -2.15. The Kier molecular flexibility index (Phi) is 3.76. The number of fused-ring (bicyclic) bond motifs is 1. The summed E-state index contributed by atoms with van der Waals surface area (Å²) in [6.07, 6.45) is 3.21. The lowest BCUT2D eigenvalue weighted by atomic mass is 9.90. The van der Waals surface area contributed by atoms with Gasteiger partial charge in [-0.2, -0.15) is 0 Å². The highest BCUT2D eigenvalue weighted by Gasteiger charge is 2.22. The normalized spacial score (nSPS) is 12.9. The monoisotopic (exact) mass is 330 g/mol. The molecule has 1 aliphatic carbocycles. The van der Waals surface area contributed by atoms with Crippen LogP contribution in [-0.2, 0) is 6.42 Å². The van der Waals surface area contributed by atoms with Gasteiger partial charge in [-0.25, -0.2) is 0 Å². The molecule has 0 atom stereocenters. The van der Waals surface area contributed by atoms with Crippen molar-refractivity contribution >= 4 is 11.6 Å². The minimum Gasteiger partial charge on any atom is -0.497 e. The van der Waals surface area contributed by atoms with Gasteiger partial charge in [0.25, 0.3) is 0 Å². The number of methoxy groups -OCH3 is 1. The number of hydrogen-bond donors (Lipinski definition) is 0. The van der Waals surface area contributed by atoms with Gasteiger partial charge in [-0.15, -0.1) is 0 Å². The lowest BCUT2D eigenvalue weighted by molar-refractivity contribution is 0.415. The van der Waals surface area contributed by atoms with Crippen molar-refractivity contribution < 1.29 is 9.15 Å². The van der Waals surface area contributed by atoms with Gasteiger partial charge < -0.3 is 9.15 Å². The van der Waals surface area contributed by atoms with Crippen molar-refractivity contribution in [1.29, 1.82) is 0 Å². The summed E-state index contributed by atoms with van der Waals surface area (Å²) in [5.41, 5.74) is 9.15. The van der Waals surface area contributed by atoms with Crippen LogP contribution < -0.4 is 4.74 Å². The van der Waals surface area contributed by atoms with Gasteiger partial charge >= 0.3 is 0 Å². The van der Waals surface area contributed by atoms with E-state index in [2.05, 4.69) is 44.2 Å². The maximum atomic E-state index is 5.85. The van der Waals surface area contributed by atoms with E-state index >= 15 is 0 Å². The maximum Gasteiger partial charge on any atom is 0.130 e. The molecule has 0 unspecified atom stereocenters. The van der Waals surface area contributed by atoms with E-state index in [1.54, 1.807) is 7.11 Å². The molecule has 0 amide bonds. The van der Waals surface area contributed by atoms with Gasteiger partial charge in [0.05, 0.1) is 7.11 Å². The number of hydrogen-bond acceptors (Lipinski definition) is 2. The molecule has 0 saturated heterocycles. The summed E-state index contributed by atoms with van der Waals surface area (Å²) < 4.78 is 11.2. The molecule has 0 bridgehead atoms. The SMILES string of the molecule is COc1ccc(-c2c(C)c(C)cc3c2C=C(c2ccc(C)o2)C3)cc1. The van der Waals surface area contributed by atoms with Gasteiger partial charge in [-0.3, -0.25) is 0 Å². The molecule has 0 aliphatic heterocycles. The van der Waals surface area contributed by atoms with Crippen molar-refractivity contribution in [2.45, 2.75) is 27.2 Å². The summed E-state index contributed by atoms with van der Waals surface area (Å²) in [5, 5.41) is 0. The molecule has 1 aromatic heterocycles. The van der Waals surface area contributed by atoms with E-state index < -0.39 is 0 Å². The Hall–Kier alpha value is -2.74. The molecule has 25 heavy (non-hydrogen) atoms. The van der Waals surface area contributed by atoms with Crippen LogP contribution in [0.4, 0.5) is 0 Å². The minimum absolute atomic E-state index is 0.882. The summed E-state index contributed by atoms with van der Waals surface area (Å²) in [7, 11) is 1.70. The van der Waals surface area contributed by atoms with E-state index in [4.69, 9.17) is 9.15 Å². The fraction of sp³-hybridized carbons (Fsp3) is 0.217. The quantitative estimate of drug-likeness (QED) is 0.589. The second kappa shape index (κ2) is 5.96. The predicted molar refractivity (Wildman–Crippen MR) is 103 cm³/mol. The molecule has 2 heteroatoms. The number of aryl methyl sites for hydroxylation is 2. The molecule has 0 spiro atoms. The first kappa shape index (κ1) is 15.8. The van der Waals surface area contributed by atoms with Crippen LogP contribution in [0.1, 0.15) is 33.8 Å². The van der Waals surface area contributed by atoms with Crippen LogP contribution >= 0.6 is 0 Å². The molecule has 4 rings (SSSR count). The van der Waals surface area contributed by atoms with E-state index in [0.717, 1.165) is 23.7 Å². The zero-order chi connectivity index (χ0) is 17.6. The van der Waals surface area contributed by atoms with Gasteiger partial charge in [-0.05, 0) is 90.1 Å². The maximum absolute atomic E-state index is 5.85. The van der Waals surface area contributed by atoms with Crippen molar-refractivity contribution in [1.82, 2.24) is 0 Å². The van der Waals surface area contributed by atoms with Crippen LogP contribution in [-0.4, -0.2) is 7.11 Å². The lowest BCUT2D eigenvalue weighted by Crippen LogP contribution is -1.95. The molecule has 3 aromatic rings. The van der Waals surface area contributed by atoms with E-state index in [9.17, 15) is 0 Å². The number of allylic oxidation sites excluding steroid dienone is 1. The fourth-order valence-corrected chi connectivity index (χ4v) is 3.64. The molecule has 2 aromatic carbocycles. The highest BCUT2D eigenvalue weighted by molar-refractivity contribution is 5.94. The van der Waals surface area contributed by atoms with Crippen molar-refractivity contribution in [3.63, 3.8) is 0 Å². The van der Waals surface area contributed by atoms with Gasteiger partial charge in [0.2, 0.25) is 0 Å². The highest BCUT2D eigenvalue weighted by atomic mass is 16.5. The largest absolute Gasteiger partial charge is 0.497 e. The average molecular weight is 330 g/mol. The van der Waals surface area contributed by atoms with Crippen LogP contribution in [0.25, 0.3) is 22.8 Å². The molecule has 0 saturated carbocycles. The molecule has 2 nitrogen and oxygen atoms in total. The van der Waals surface area contributed by atoms with Crippen LogP contribution in [0.5, 0.6) is 5.75 Å². The number of rotatable bonds is 3. The van der Waals surface area contributed by atoms with Gasteiger partial charge in [-0.1, -0.05) is 18.2 Å². The predicted octanol–water partition coefficient (Wildman–Crippen LogP) is 5.98. The van der Waals surface area contributed by atoms with Crippen LogP contribution in [0.2, 0.25) is 0 Å². The van der Waals surface area contributed by atoms with E-state index in [0.29, 0.717) is 0 Å². The molecule has 0 N–H and O–H groups in total. The highest BCUT2D eigenvalue weighted by Crippen LogP contribution is 2.41. The van der Waals surface area contributed by atoms with E-state index in [1.165, 1.54) is 39.0 Å². The Balaban J connectivity index is 1.86. The second-order valence-electron chi connectivity index (χ2n) is 6.75. The summed E-state index contributed by atoms with van der Waals surface area (Å²) in [6.45, 7) is 6.39. The molecular formula is C23H22O2. The van der Waals surface area contributed by atoms with Crippen molar-refractivity contribution in [2.24, 2.45) is 0 Å². The third-order valence-corrected chi connectivity index (χ3v) is 5.11. The third-order valence-electron chi connectivity index (χ3n) is 5.11. The van der Waals surface area contributed by atoms with Gasteiger partial charge in [0, 0.05) is 6.42 Å². The summed E-state index contributed by atoms with van der Waals surface area (Å²) >= 11 is 0. The van der Waals surface area contributed by atoms with Gasteiger partial charge in [0.15, 0.2) is 0 Å². The number of benzene rings is 2.